The number of rotatable bonds is 6. The van der Waals surface area contributed by atoms with Crippen LogP contribution in [0, 0.1) is 0 Å². The van der Waals surface area contributed by atoms with E-state index in [4.69, 9.17) is 4.42 Å². The van der Waals surface area contributed by atoms with E-state index in [1.165, 1.54) is 24.5 Å². The molecule has 26 heavy (non-hydrogen) atoms. The first kappa shape index (κ1) is 19.1. The summed E-state index contributed by atoms with van der Waals surface area (Å²) in [6.45, 7) is -0.0762. The maximum atomic E-state index is 12.7. The minimum Gasteiger partial charge on any atom is -0.468 e. The second-order valence-electron chi connectivity index (χ2n) is 5.95. The van der Waals surface area contributed by atoms with Gasteiger partial charge in [0.15, 0.2) is 19.7 Å². The third kappa shape index (κ3) is 4.00. The van der Waals surface area contributed by atoms with E-state index in [9.17, 15) is 25.3 Å². The van der Waals surface area contributed by atoms with E-state index in [2.05, 4.69) is 4.72 Å². The summed E-state index contributed by atoms with van der Waals surface area (Å²) in [4.78, 5) is -0.425. The molecule has 142 valence electrons. The Balaban J connectivity index is 1.85. The van der Waals surface area contributed by atoms with Crippen molar-refractivity contribution < 1.29 is 29.7 Å². The van der Waals surface area contributed by atoms with Gasteiger partial charge in [-0.15, -0.1) is 0 Å². The Morgan fingerprint density at radius 1 is 1.08 bits per heavy atom. The third-order valence-electron chi connectivity index (χ3n) is 4.09. The highest BCUT2D eigenvalue weighted by atomic mass is 32.2. The zero-order valence-electron chi connectivity index (χ0n) is 13.5. The summed E-state index contributed by atoms with van der Waals surface area (Å²) in [5.41, 5.74) is 0. The van der Waals surface area contributed by atoms with Crippen molar-refractivity contribution in [2.45, 2.75) is 28.0 Å². The van der Waals surface area contributed by atoms with Crippen molar-refractivity contribution in [2.75, 3.05) is 11.5 Å². The molecule has 2 heterocycles. The molecule has 1 aliphatic heterocycles. The molecule has 1 aromatic carbocycles. The largest absolute Gasteiger partial charge is 0.468 e. The van der Waals surface area contributed by atoms with E-state index in [0.29, 0.717) is 5.76 Å². The van der Waals surface area contributed by atoms with Crippen LogP contribution in [0.3, 0.4) is 0 Å². The maximum absolute atomic E-state index is 12.7. The summed E-state index contributed by atoms with van der Waals surface area (Å²) in [7, 11) is -11.3. The lowest BCUT2D eigenvalue weighted by Crippen LogP contribution is -2.25. The number of nitrogens with one attached hydrogen (secondary N) is 1. The third-order valence-corrected chi connectivity index (χ3v) is 9.66. The van der Waals surface area contributed by atoms with E-state index in [1.54, 1.807) is 12.1 Å². The average molecular weight is 420 g/mol. The van der Waals surface area contributed by atoms with Crippen molar-refractivity contribution >= 4 is 29.7 Å². The fourth-order valence-corrected chi connectivity index (χ4v) is 8.20. The number of furan rings is 1. The summed E-state index contributed by atoms with van der Waals surface area (Å²) in [5.74, 6) is -0.212. The quantitative estimate of drug-likeness (QED) is 0.730. The van der Waals surface area contributed by atoms with Crippen molar-refractivity contribution in [3.05, 3.63) is 48.4 Å². The van der Waals surface area contributed by atoms with Gasteiger partial charge in [-0.1, -0.05) is 6.07 Å². The molecule has 0 aliphatic carbocycles. The summed E-state index contributed by atoms with van der Waals surface area (Å²) >= 11 is 0. The zero-order valence-corrected chi connectivity index (χ0v) is 16.0. The molecule has 3 rings (SSSR count). The Morgan fingerprint density at radius 2 is 1.81 bits per heavy atom. The second-order valence-corrected chi connectivity index (χ2v) is 12.2. The highest BCUT2D eigenvalue weighted by Gasteiger charge is 2.38. The number of sulfone groups is 2. The van der Waals surface area contributed by atoms with Gasteiger partial charge in [0.05, 0.1) is 39.4 Å². The highest BCUT2D eigenvalue weighted by Crippen LogP contribution is 2.26. The summed E-state index contributed by atoms with van der Waals surface area (Å²) < 4.78 is 80.6. The molecular weight excluding hydrogens is 402 g/mol. The minimum absolute atomic E-state index is 0.0123. The number of sulfonamides is 1. The average Bonchev–Trinajstić information content (AvgIpc) is 3.22. The van der Waals surface area contributed by atoms with Crippen LogP contribution in [0.2, 0.25) is 0 Å². The molecule has 0 unspecified atom stereocenters. The Labute approximate surface area is 152 Å². The molecule has 0 saturated carbocycles. The van der Waals surface area contributed by atoms with Crippen LogP contribution in [0.5, 0.6) is 0 Å². The van der Waals surface area contributed by atoms with Gasteiger partial charge in [-0.3, -0.25) is 0 Å². The van der Waals surface area contributed by atoms with Crippen molar-refractivity contribution in [2.24, 2.45) is 0 Å². The lowest BCUT2D eigenvalue weighted by atomic mass is 10.4. The van der Waals surface area contributed by atoms with Gasteiger partial charge in [-0.05, 0) is 36.8 Å². The highest BCUT2D eigenvalue weighted by molar-refractivity contribution is 7.96. The van der Waals surface area contributed by atoms with Crippen LogP contribution in [-0.2, 0) is 36.2 Å². The smallest absolute Gasteiger partial charge is 0.241 e. The van der Waals surface area contributed by atoms with Crippen molar-refractivity contribution in [1.29, 1.82) is 0 Å². The fraction of sp³-hybridized carbons (Fsp3) is 0.333. The monoisotopic (exact) mass is 419 g/mol. The van der Waals surface area contributed by atoms with E-state index < -0.39 is 40.7 Å². The van der Waals surface area contributed by atoms with E-state index in [1.807, 2.05) is 0 Å². The Hall–Kier alpha value is -1.69. The molecule has 1 aliphatic rings. The Bertz CT molecular complexity index is 1100. The molecule has 0 amide bonds. The van der Waals surface area contributed by atoms with Gasteiger partial charge in [0.2, 0.25) is 10.0 Å². The van der Waals surface area contributed by atoms with Gasteiger partial charge in [-0.2, -0.15) is 0 Å². The number of hydrogen-bond donors (Lipinski definition) is 1. The van der Waals surface area contributed by atoms with Crippen LogP contribution < -0.4 is 4.72 Å². The SMILES string of the molecule is O=S1(=O)CC[C@@H](S(=O)(=O)c2cccc(S(=O)(=O)NCc3ccco3)c2)C1. The standard InChI is InChI=1S/C15H17NO7S3/c17-24(18)8-6-15(11-24)25(19,20)13-4-1-5-14(9-13)26(21,22)16-10-12-3-2-7-23-12/h1-5,7,9,15-16H,6,8,10-11H2/t15-/m1/s1. The first-order valence-corrected chi connectivity index (χ1v) is 12.5. The topological polar surface area (TPSA) is 128 Å². The second kappa shape index (κ2) is 6.80. The molecule has 1 fully saturated rings. The van der Waals surface area contributed by atoms with Crippen LogP contribution in [0.25, 0.3) is 0 Å². The minimum atomic E-state index is -3.96. The molecule has 1 atom stereocenters. The fourth-order valence-electron chi connectivity index (χ4n) is 2.68. The maximum Gasteiger partial charge on any atom is 0.241 e. The molecule has 1 aromatic heterocycles. The first-order valence-electron chi connectivity index (χ1n) is 7.67. The molecule has 0 spiro atoms. The number of benzene rings is 1. The number of hydrogen-bond acceptors (Lipinski definition) is 7. The van der Waals surface area contributed by atoms with Gasteiger partial charge in [0, 0.05) is 0 Å². The molecule has 2 aromatic rings. The molecule has 1 N–H and O–H groups in total. The van der Waals surface area contributed by atoms with Gasteiger partial charge in [0.25, 0.3) is 0 Å². The van der Waals surface area contributed by atoms with Crippen molar-refractivity contribution in [3.63, 3.8) is 0 Å². The predicted octanol–water partition coefficient (Wildman–Crippen LogP) is 0.719. The zero-order chi connectivity index (χ0) is 19.0. The molecular formula is C15H17NO7S3. The predicted molar refractivity (Wildman–Crippen MR) is 93.4 cm³/mol. The molecule has 0 radical (unpaired) electrons. The van der Waals surface area contributed by atoms with E-state index in [0.717, 1.165) is 6.07 Å². The van der Waals surface area contributed by atoms with Crippen LogP contribution in [-0.4, -0.2) is 42.0 Å². The molecule has 11 heteroatoms. The van der Waals surface area contributed by atoms with Crippen LogP contribution in [0.15, 0.2) is 56.9 Å². The summed E-state index contributed by atoms with van der Waals surface area (Å²) in [6, 6.07) is 8.12. The molecule has 1 saturated heterocycles. The summed E-state index contributed by atoms with van der Waals surface area (Å²) in [5, 5.41) is -1.05. The van der Waals surface area contributed by atoms with Crippen LogP contribution in [0.4, 0.5) is 0 Å². The lowest BCUT2D eigenvalue weighted by molar-refractivity contribution is 0.498. The van der Waals surface area contributed by atoms with Gasteiger partial charge in [-0.25, -0.2) is 30.0 Å². The Morgan fingerprint density at radius 3 is 2.42 bits per heavy atom. The van der Waals surface area contributed by atoms with Gasteiger partial charge >= 0.3 is 0 Å². The van der Waals surface area contributed by atoms with Crippen LogP contribution >= 0.6 is 0 Å². The lowest BCUT2D eigenvalue weighted by Gasteiger charge is -2.12. The van der Waals surface area contributed by atoms with E-state index >= 15 is 0 Å². The van der Waals surface area contributed by atoms with Gasteiger partial charge < -0.3 is 4.42 Å². The van der Waals surface area contributed by atoms with Crippen molar-refractivity contribution in [1.82, 2.24) is 4.72 Å². The molecule has 0 bridgehead atoms. The normalized spacial score (nSPS) is 20.2. The first-order chi connectivity index (χ1) is 12.1. The Kier molecular flexibility index (Phi) is 4.99. The van der Waals surface area contributed by atoms with Gasteiger partial charge in [0.1, 0.15) is 5.76 Å². The molecule has 8 nitrogen and oxygen atoms in total. The van der Waals surface area contributed by atoms with Crippen LogP contribution in [0.1, 0.15) is 12.2 Å². The van der Waals surface area contributed by atoms with Crippen molar-refractivity contribution in [3.8, 4) is 0 Å². The summed E-state index contributed by atoms with van der Waals surface area (Å²) in [6.07, 6.45) is 1.42. The van der Waals surface area contributed by atoms with E-state index in [-0.39, 0.29) is 28.5 Å².